The number of hydrogen-bond donors (Lipinski definition) is 1. The molecule has 2 N–H and O–H groups in total. The molecule has 1 atom stereocenters. The van der Waals surface area contributed by atoms with Gasteiger partial charge < -0.3 is 15.2 Å². The van der Waals surface area contributed by atoms with Crippen molar-refractivity contribution >= 4 is 15.7 Å². The van der Waals surface area contributed by atoms with E-state index in [4.69, 9.17) is 15.2 Å². The average Bonchev–Trinajstić information content (AvgIpc) is 2.94. The molecule has 118 valence electrons. The first-order valence-corrected chi connectivity index (χ1v) is 8.62. The summed E-state index contributed by atoms with van der Waals surface area (Å²) >= 11 is 0. The Morgan fingerprint density at radius 2 is 2.10 bits per heavy atom. The first-order valence-electron chi connectivity index (χ1n) is 7.01. The number of anilines is 1. The number of benzene rings is 1. The van der Waals surface area contributed by atoms with Crippen LogP contribution < -0.4 is 10.5 Å². The Bertz CT molecular complexity index is 539. The highest BCUT2D eigenvalue weighted by Crippen LogP contribution is 2.15. The van der Waals surface area contributed by atoms with E-state index in [1.807, 2.05) is 0 Å². The van der Waals surface area contributed by atoms with Gasteiger partial charge in [0.05, 0.1) is 11.9 Å². The molecule has 1 fully saturated rings. The van der Waals surface area contributed by atoms with Crippen molar-refractivity contribution in [2.75, 3.05) is 38.3 Å². The predicted molar refractivity (Wildman–Crippen MR) is 81.7 cm³/mol. The van der Waals surface area contributed by atoms with Crippen molar-refractivity contribution < 1.29 is 17.9 Å². The number of nitrogen functional groups attached to an aromatic ring is 1. The SMILES string of the molecule is CN(CC1CCCO1)S(=O)(=O)CCOc1ccc(N)cc1. The highest BCUT2D eigenvalue weighted by Gasteiger charge is 2.24. The van der Waals surface area contributed by atoms with Crippen molar-refractivity contribution in [2.45, 2.75) is 18.9 Å². The highest BCUT2D eigenvalue weighted by atomic mass is 32.2. The van der Waals surface area contributed by atoms with E-state index in [2.05, 4.69) is 0 Å². The van der Waals surface area contributed by atoms with E-state index < -0.39 is 10.0 Å². The van der Waals surface area contributed by atoms with Crippen molar-refractivity contribution in [1.82, 2.24) is 4.31 Å². The first-order chi connectivity index (χ1) is 9.97. The number of hydrogen-bond acceptors (Lipinski definition) is 5. The fourth-order valence-corrected chi connectivity index (χ4v) is 3.17. The lowest BCUT2D eigenvalue weighted by atomic mass is 10.2. The van der Waals surface area contributed by atoms with E-state index >= 15 is 0 Å². The van der Waals surface area contributed by atoms with Gasteiger partial charge in [0, 0.05) is 25.9 Å². The topological polar surface area (TPSA) is 81.9 Å². The van der Waals surface area contributed by atoms with Gasteiger partial charge in [-0.15, -0.1) is 0 Å². The van der Waals surface area contributed by atoms with Gasteiger partial charge in [0.2, 0.25) is 10.0 Å². The fourth-order valence-electron chi connectivity index (χ4n) is 2.17. The van der Waals surface area contributed by atoms with Crippen LogP contribution in [0, 0.1) is 0 Å². The molecule has 1 aromatic carbocycles. The van der Waals surface area contributed by atoms with Crippen LogP contribution in [-0.4, -0.2) is 51.4 Å². The third-order valence-corrected chi connectivity index (χ3v) is 5.23. The standard InChI is InChI=1S/C14H22N2O4S/c1-16(11-14-3-2-8-19-14)21(17,18)10-9-20-13-6-4-12(15)5-7-13/h4-7,14H,2-3,8-11,15H2,1H3. The maximum absolute atomic E-state index is 12.1. The third-order valence-electron chi connectivity index (χ3n) is 3.45. The molecule has 1 saturated heterocycles. The normalized spacial score (nSPS) is 19.0. The fraction of sp³-hybridized carbons (Fsp3) is 0.571. The second-order valence-electron chi connectivity index (χ2n) is 5.15. The lowest BCUT2D eigenvalue weighted by Crippen LogP contribution is -2.36. The smallest absolute Gasteiger partial charge is 0.217 e. The molecule has 0 bridgehead atoms. The van der Waals surface area contributed by atoms with Crippen molar-refractivity contribution in [2.24, 2.45) is 0 Å². The molecule has 1 aromatic rings. The average molecular weight is 314 g/mol. The Kier molecular flexibility index (Phi) is 5.44. The molecule has 0 aromatic heterocycles. The minimum absolute atomic E-state index is 0.0165. The van der Waals surface area contributed by atoms with Crippen molar-refractivity contribution in [3.05, 3.63) is 24.3 Å². The monoisotopic (exact) mass is 314 g/mol. The summed E-state index contributed by atoms with van der Waals surface area (Å²) < 4.78 is 36.5. The first kappa shape index (κ1) is 16.1. The van der Waals surface area contributed by atoms with E-state index in [0.29, 0.717) is 18.0 Å². The molecular formula is C14H22N2O4S. The highest BCUT2D eigenvalue weighted by molar-refractivity contribution is 7.89. The van der Waals surface area contributed by atoms with Gasteiger partial charge in [-0.3, -0.25) is 0 Å². The second kappa shape index (κ2) is 7.11. The van der Waals surface area contributed by atoms with Gasteiger partial charge in [0.1, 0.15) is 12.4 Å². The predicted octanol–water partition coefficient (Wildman–Crippen LogP) is 1.09. The zero-order chi connectivity index (χ0) is 15.3. The molecule has 0 radical (unpaired) electrons. The molecule has 0 spiro atoms. The van der Waals surface area contributed by atoms with Crippen LogP contribution in [0.3, 0.4) is 0 Å². The Balaban J connectivity index is 1.78. The van der Waals surface area contributed by atoms with Crippen LogP contribution in [0.4, 0.5) is 5.69 Å². The van der Waals surface area contributed by atoms with Crippen molar-refractivity contribution in [1.29, 1.82) is 0 Å². The lowest BCUT2D eigenvalue weighted by Gasteiger charge is -2.20. The van der Waals surface area contributed by atoms with Crippen LogP contribution in [0.25, 0.3) is 0 Å². The molecule has 1 unspecified atom stereocenters. The zero-order valence-corrected chi connectivity index (χ0v) is 13.0. The minimum atomic E-state index is -3.32. The van der Waals surface area contributed by atoms with Crippen LogP contribution in [-0.2, 0) is 14.8 Å². The van der Waals surface area contributed by atoms with Crippen LogP contribution in [0.5, 0.6) is 5.75 Å². The number of sulfonamides is 1. The summed E-state index contributed by atoms with van der Waals surface area (Å²) in [4.78, 5) is 0. The summed E-state index contributed by atoms with van der Waals surface area (Å²) in [7, 11) is -1.74. The Labute approximate surface area is 125 Å². The van der Waals surface area contributed by atoms with Gasteiger partial charge in [-0.05, 0) is 37.1 Å². The van der Waals surface area contributed by atoms with E-state index in [0.717, 1.165) is 19.4 Å². The summed E-state index contributed by atoms with van der Waals surface area (Å²) in [6.07, 6.45) is 1.93. The van der Waals surface area contributed by atoms with E-state index in [9.17, 15) is 8.42 Å². The molecule has 0 amide bonds. The summed E-state index contributed by atoms with van der Waals surface area (Å²) in [6, 6.07) is 6.87. The van der Waals surface area contributed by atoms with E-state index in [1.165, 1.54) is 4.31 Å². The van der Waals surface area contributed by atoms with Gasteiger partial charge in [-0.2, -0.15) is 0 Å². The van der Waals surface area contributed by atoms with Gasteiger partial charge in [-0.25, -0.2) is 12.7 Å². The van der Waals surface area contributed by atoms with E-state index in [1.54, 1.807) is 31.3 Å². The second-order valence-corrected chi connectivity index (χ2v) is 7.34. The molecule has 0 aliphatic carbocycles. The van der Waals surface area contributed by atoms with Gasteiger partial charge in [0.15, 0.2) is 0 Å². The number of ether oxygens (including phenoxy) is 2. The van der Waals surface area contributed by atoms with Crippen LogP contribution in [0.1, 0.15) is 12.8 Å². The molecule has 1 heterocycles. The van der Waals surface area contributed by atoms with E-state index in [-0.39, 0.29) is 18.5 Å². The number of rotatable bonds is 7. The summed E-state index contributed by atoms with van der Waals surface area (Å²) in [5.74, 6) is 0.557. The summed E-state index contributed by atoms with van der Waals surface area (Å²) in [6.45, 7) is 1.24. The van der Waals surface area contributed by atoms with Crippen molar-refractivity contribution in [3.8, 4) is 5.75 Å². The third kappa shape index (κ3) is 4.87. The minimum Gasteiger partial charge on any atom is -0.492 e. The van der Waals surface area contributed by atoms with Crippen LogP contribution in [0.2, 0.25) is 0 Å². The van der Waals surface area contributed by atoms with Gasteiger partial charge in [0.25, 0.3) is 0 Å². The van der Waals surface area contributed by atoms with Gasteiger partial charge >= 0.3 is 0 Å². The summed E-state index contributed by atoms with van der Waals surface area (Å²) in [5.41, 5.74) is 6.22. The molecule has 1 aliphatic rings. The lowest BCUT2D eigenvalue weighted by molar-refractivity contribution is 0.0978. The molecular weight excluding hydrogens is 292 g/mol. The Hall–Kier alpha value is -1.31. The number of nitrogens with two attached hydrogens (primary N) is 1. The Morgan fingerprint density at radius 1 is 1.38 bits per heavy atom. The summed E-state index contributed by atoms with van der Waals surface area (Å²) in [5, 5.41) is 0. The zero-order valence-electron chi connectivity index (χ0n) is 12.2. The number of likely N-dealkylation sites (N-methyl/N-ethyl adjacent to an activating group) is 1. The van der Waals surface area contributed by atoms with Crippen molar-refractivity contribution in [3.63, 3.8) is 0 Å². The molecule has 0 saturated carbocycles. The van der Waals surface area contributed by atoms with Crippen LogP contribution in [0.15, 0.2) is 24.3 Å². The maximum atomic E-state index is 12.1. The molecule has 21 heavy (non-hydrogen) atoms. The largest absolute Gasteiger partial charge is 0.492 e. The quantitative estimate of drug-likeness (QED) is 0.762. The molecule has 2 rings (SSSR count). The maximum Gasteiger partial charge on any atom is 0.217 e. The molecule has 1 aliphatic heterocycles. The number of nitrogens with zero attached hydrogens (tertiary/aromatic N) is 1. The van der Waals surface area contributed by atoms with Gasteiger partial charge in [-0.1, -0.05) is 0 Å². The van der Waals surface area contributed by atoms with Crippen LogP contribution >= 0.6 is 0 Å². The molecule has 6 nitrogen and oxygen atoms in total. The molecule has 7 heteroatoms. The Morgan fingerprint density at radius 3 is 2.71 bits per heavy atom.